The van der Waals surface area contributed by atoms with Gasteiger partial charge in [0.15, 0.2) is 11.5 Å². The molecule has 1 heterocycles. The lowest BCUT2D eigenvalue weighted by molar-refractivity contribution is -0.140. The Morgan fingerprint density at radius 3 is 2.36 bits per heavy atom. The van der Waals surface area contributed by atoms with Crippen molar-refractivity contribution in [2.75, 3.05) is 29.8 Å². The van der Waals surface area contributed by atoms with E-state index in [1.54, 1.807) is 36.4 Å². The van der Waals surface area contributed by atoms with Gasteiger partial charge in [0.05, 0.1) is 11.4 Å². The van der Waals surface area contributed by atoms with Crippen LogP contribution in [0.5, 0.6) is 11.5 Å². The van der Waals surface area contributed by atoms with Crippen LogP contribution in [-0.4, -0.2) is 62.7 Å². The van der Waals surface area contributed by atoms with Gasteiger partial charge in [-0.05, 0) is 55.2 Å². The Hall–Kier alpha value is -3.47. The number of nitrogens with zero attached hydrogens (tertiary/aromatic N) is 2. The third-order valence-corrected chi connectivity index (χ3v) is 10.4. The third-order valence-electron chi connectivity index (χ3n) is 8.12. The van der Waals surface area contributed by atoms with Gasteiger partial charge in [0, 0.05) is 35.1 Å². The zero-order chi connectivity index (χ0) is 32.0. The van der Waals surface area contributed by atoms with E-state index in [1.165, 1.54) is 11.8 Å². The summed E-state index contributed by atoms with van der Waals surface area (Å²) in [4.78, 5) is 29.9. The number of hydrogen-bond acceptors (Lipinski definition) is 6. The first kappa shape index (κ1) is 32.9. The summed E-state index contributed by atoms with van der Waals surface area (Å²) in [6.45, 7) is 1.65. The van der Waals surface area contributed by atoms with Crippen LogP contribution < -0.4 is 19.1 Å². The molecule has 3 aromatic carbocycles. The minimum absolute atomic E-state index is 0.0153. The highest BCUT2D eigenvalue weighted by Gasteiger charge is 2.35. The number of fused-ring (bicyclic) bond motifs is 1. The van der Waals surface area contributed by atoms with Gasteiger partial charge in [-0.1, -0.05) is 72.4 Å². The van der Waals surface area contributed by atoms with E-state index < -0.39 is 28.5 Å². The standard InChI is InChI=1S/C33H37Cl2N3O6S/c1-2-45(41,42)38(27-14-15-30-31(20-27)44-17-16-43-30)22-32(39)37(21-24-12-13-25(34)19-28(24)35)29(18-23-8-4-3-5-9-23)33(40)36-26-10-6-7-11-26/h3-5,8-9,12-15,19-20,26,29H,2,6-7,10-11,16-18,21-22H2,1H3,(H,36,40)/t29-/m0/s1. The largest absolute Gasteiger partial charge is 0.486 e. The molecule has 0 radical (unpaired) electrons. The molecule has 12 heteroatoms. The number of hydrogen-bond donors (Lipinski definition) is 1. The first-order valence-electron chi connectivity index (χ1n) is 15.1. The number of sulfonamides is 1. The molecule has 2 amide bonds. The predicted molar refractivity (Wildman–Crippen MR) is 176 cm³/mol. The topological polar surface area (TPSA) is 105 Å². The third kappa shape index (κ3) is 8.23. The molecule has 1 saturated carbocycles. The lowest BCUT2D eigenvalue weighted by atomic mass is 10.0. The van der Waals surface area contributed by atoms with Gasteiger partial charge >= 0.3 is 0 Å². The maximum Gasteiger partial charge on any atom is 0.244 e. The normalized spacial score (nSPS) is 15.4. The maximum atomic E-state index is 14.4. The van der Waals surface area contributed by atoms with E-state index in [4.69, 9.17) is 32.7 Å². The van der Waals surface area contributed by atoms with Gasteiger partial charge in [-0.25, -0.2) is 8.42 Å². The van der Waals surface area contributed by atoms with Crippen molar-refractivity contribution >= 4 is 50.7 Å². The highest BCUT2D eigenvalue weighted by atomic mass is 35.5. The molecule has 5 rings (SSSR count). The van der Waals surface area contributed by atoms with E-state index >= 15 is 0 Å². The number of anilines is 1. The molecule has 0 unspecified atom stereocenters. The Labute approximate surface area is 274 Å². The summed E-state index contributed by atoms with van der Waals surface area (Å²) in [6.07, 6.45) is 4.01. The number of amides is 2. The lowest BCUT2D eigenvalue weighted by Crippen LogP contribution is -2.54. The molecular formula is C33H37Cl2N3O6S. The fourth-order valence-corrected chi connectivity index (χ4v) is 7.18. The number of nitrogens with one attached hydrogen (secondary N) is 1. The van der Waals surface area contributed by atoms with Gasteiger partial charge < -0.3 is 19.7 Å². The van der Waals surface area contributed by atoms with Crippen molar-refractivity contribution in [2.45, 2.75) is 57.7 Å². The van der Waals surface area contributed by atoms with E-state index in [0.717, 1.165) is 35.6 Å². The Kier molecular flexibility index (Phi) is 10.8. The molecule has 2 aliphatic rings. The summed E-state index contributed by atoms with van der Waals surface area (Å²) in [5.74, 6) is -0.211. The van der Waals surface area contributed by atoms with Crippen molar-refractivity contribution in [1.29, 1.82) is 0 Å². The molecule has 9 nitrogen and oxygen atoms in total. The SMILES string of the molecule is CCS(=O)(=O)N(CC(=O)N(Cc1ccc(Cl)cc1Cl)[C@@H](Cc1ccccc1)C(=O)NC1CCCC1)c1ccc2c(c1)OCCO2. The number of rotatable bonds is 12. The number of carbonyl (C=O) groups excluding carboxylic acids is 2. The van der Waals surface area contributed by atoms with Gasteiger partial charge in [-0.3, -0.25) is 13.9 Å². The van der Waals surface area contributed by atoms with Gasteiger partial charge in [0.25, 0.3) is 0 Å². The predicted octanol–water partition coefficient (Wildman–Crippen LogP) is 5.62. The summed E-state index contributed by atoms with van der Waals surface area (Å²) >= 11 is 12.7. The Morgan fingerprint density at radius 1 is 0.956 bits per heavy atom. The Morgan fingerprint density at radius 2 is 1.67 bits per heavy atom. The van der Waals surface area contributed by atoms with Crippen molar-refractivity contribution in [1.82, 2.24) is 10.2 Å². The number of benzene rings is 3. The maximum absolute atomic E-state index is 14.4. The molecule has 1 atom stereocenters. The second kappa shape index (κ2) is 14.7. The summed E-state index contributed by atoms with van der Waals surface area (Å²) < 4.78 is 39.3. The lowest BCUT2D eigenvalue weighted by Gasteiger charge is -2.34. The van der Waals surface area contributed by atoms with E-state index in [9.17, 15) is 18.0 Å². The summed E-state index contributed by atoms with van der Waals surface area (Å²) in [5.41, 5.74) is 1.69. The molecule has 0 spiro atoms. The fraction of sp³-hybridized carbons (Fsp3) is 0.394. The first-order chi connectivity index (χ1) is 21.6. The van der Waals surface area contributed by atoms with Crippen LogP contribution in [-0.2, 0) is 32.6 Å². The Bertz CT molecular complexity index is 1620. The van der Waals surface area contributed by atoms with E-state index in [1.807, 2.05) is 30.3 Å². The molecule has 45 heavy (non-hydrogen) atoms. The molecule has 1 aliphatic heterocycles. The van der Waals surface area contributed by atoms with Crippen LogP contribution in [0.3, 0.4) is 0 Å². The molecule has 0 bridgehead atoms. The molecule has 1 aliphatic carbocycles. The highest BCUT2D eigenvalue weighted by Crippen LogP contribution is 2.35. The molecule has 1 fully saturated rings. The van der Waals surface area contributed by atoms with Crippen molar-refractivity contribution in [3.63, 3.8) is 0 Å². The van der Waals surface area contributed by atoms with Gasteiger partial charge in [-0.2, -0.15) is 0 Å². The molecule has 0 saturated heterocycles. The smallest absolute Gasteiger partial charge is 0.244 e. The highest BCUT2D eigenvalue weighted by molar-refractivity contribution is 7.92. The summed E-state index contributed by atoms with van der Waals surface area (Å²) in [5, 5.41) is 3.92. The Balaban J connectivity index is 1.54. The zero-order valence-electron chi connectivity index (χ0n) is 25.1. The van der Waals surface area contributed by atoms with Crippen molar-refractivity contribution in [3.8, 4) is 11.5 Å². The van der Waals surface area contributed by atoms with Crippen LogP contribution in [0.25, 0.3) is 0 Å². The van der Waals surface area contributed by atoms with Crippen molar-refractivity contribution < 1.29 is 27.5 Å². The second-order valence-corrected chi connectivity index (χ2v) is 14.2. The number of carbonyl (C=O) groups is 2. The van der Waals surface area contributed by atoms with Crippen molar-refractivity contribution in [2.24, 2.45) is 0 Å². The molecule has 3 aromatic rings. The number of ether oxygens (including phenoxy) is 2. The first-order valence-corrected chi connectivity index (χ1v) is 17.5. The zero-order valence-corrected chi connectivity index (χ0v) is 27.4. The van der Waals surface area contributed by atoms with Crippen LogP contribution in [0.2, 0.25) is 10.0 Å². The van der Waals surface area contributed by atoms with Gasteiger partial charge in [0.1, 0.15) is 25.8 Å². The van der Waals surface area contributed by atoms with Crippen LogP contribution in [0, 0.1) is 0 Å². The molecule has 240 valence electrons. The molecule has 0 aromatic heterocycles. The fourth-order valence-electron chi connectivity index (χ4n) is 5.66. The van der Waals surface area contributed by atoms with Gasteiger partial charge in [0.2, 0.25) is 21.8 Å². The second-order valence-electron chi connectivity index (χ2n) is 11.2. The van der Waals surface area contributed by atoms with E-state index in [2.05, 4.69) is 5.32 Å². The monoisotopic (exact) mass is 673 g/mol. The molecular weight excluding hydrogens is 637 g/mol. The average Bonchev–Trinajstić information content (AvgIpc) is 3.55. The minimum atomic E-state index is -3.93. The van der Waals surface area contributed by atoms with Crippen LogP contribution in [0.4, 0.5) is 5.69 Å². The minimum Gasteiger partial charge on any atom is -0.486 e. The summed E-state index contributed by atoms with van der Waals surface area (Å²) in [6, 6.07) is 18.2. The number of halogens is 2. The van der Waals surface area contributed by atoms with Crippen LogP contribution in [0.15, 0.2) is 66.7 Å². The quantitative estimate of drug-likeness (QED) is 0.268. The van der Waals surface area contributed by atoms with E-state index in [0.29, 0.717) is 40.3 Å². The summed E-state index contributed by atoms with van der Waals surface area (Å²) in [7, 11) is -3.93. The molecule has 1 N–H and O–H groups in total. The van der Waals surface area contributed by atoms with Crippen LogP contribution in [0.1, 0.15) is 43.7 Å². The van der Waals surface area contributed by atoms with E-state index in [-0.39, 0.29) is 36.4 Å². The van der Waals surface area contributed by atoms with Crippen LogP contribution >= 0.6 is 23.2 Å². The average molecular weight is 675 g/mol. The van der Waals surface area contributed by atoms with Gasteiger partial charge in [-0.15, -0.1) is 0 Å². The van der Waals surface area contributed by atoms with Crippen molar-refractivity contribution in [3.05, 3.63) is 87.9 Å².